The monoisotopic (exact) mass is 405 g/mol. The van der Waals surface area contributed by atoms with Gasteiger partial charge in [0.25, 0.3) is 0 Å². The van der Waals surface area contributed by atoms with Crippen LogP contribution >= 0.6 is 0 Å². The molecule has 1 heterocycles. The summed E-state index contributed by atoms with van der Waals surface area (Å²) in [6.07, 6.45) is 0. The third kappa shape index (κ3) is 4.44. The molecule has 4 rings (SSSR count). The quantitative estimate of drug-likeness (QED) is 0.673. The van der Waals surface area contributed by atoms with E-state index in [4.69, 9.17) is 0 Å². The SMILES string of the molecule is O=C(Nc1ccc(F)cc1)C(c1ccccc1)N1CCN(c2ccccc2O)CC1. The summed E-state index contributed by atoms with van der Waals surface area (Å²) in [5.74, 6) is -0.226. The summed E-state index contributed by atoms with van der Waals surface area (Å²) in [5.41, 5.74) is 2.28. The van der Waals surface area contributed by atoms with Gasteiger partial charge in [-0.25, -0.2) is 4.39 Å². The minimum absolute atomic E-state index is 0.149. The van der Waals surface area contributed by atoms with Gasteiger partial charge < -0.3 is 15.3 Å². The minimum Gasteiger partial charge on any atom is -0.506 e. The summed E-state index contributed by atoms with van der Waals surface area (Å²) in [4.78, 5) is 17.5. The van der Waals surface area contributed by atoms with E-state index in [-0.39, 0.29) is 17.5 Å². The van der Waals surface area contributed by atoms with E-state index < -0.39 is 6.04 Å². The number of halogens is 1. The number of carbonyl (C=O) groups excluding carboxylic acids is 1. The number of piperazine rings is 1. The van der Waals surface area contributed by atoms with Gasteiger partial charge in [-0.1, -0.05) is 42.5 Å². The summed E-state index contributed by atoms with van der Waals surface area (Å²) in [7, 11) is 0. The second-order valence-corrected chi connectivity index (χ2v) is 7.32. The Bertz CT molecular complexity index is 987. The van der Waals surface area contributed by atoms with Crippen LogP contribution in [0.3, 0.4) is 0 Å². The molecule has 1 fully saturated rings. The molecule has 5 nitrogen and oxygen atoms in total. The second-order valence-electron chi connectivity index (χ2n) is 7.32. The number of aromatic hydroxyl groups is 1. The van der Waals surface area contributed by atoms with E-state index in [9.17, 15) is 14.3 Å². The van der Waals surface area contributed by atoms with Crippen LogP contribution in [0.4, 0.5) is 15.8 Å². The Hall–Kier alpha value is -3.38. The molecule has 0 saturated carbocycles. The molecule has 1 aliphatic rings. The first-order valence-electron chi connectivity index (χ1n) is 10.0. The zero-order chi connectivity index (χ0) is 20.9. The van der Waals surface area contributed by atoms with Crippen LogP contribution in [-0.4, -0.2) is 42.1 Å². The lowest BCUT2D eigenvalue weighted by Gasteiger charge is -2.39. The third-order valence-corrected chi connectivity index (χ3v) is 5.38. The van der Waals surface area contributed by atoms with Crippen LogP contribution in [0.1, 0.15) is 11.6 Å². The summed E-state index contributed by atoms with van der Waals surface area (Å²) in [6.45, 7) is 2.74. The molecule has 0 bridgehead atoms. The number of amides is 1. The van der Waals surface area contributed by atoms with Crippen molar-refractivity contribution in [3.63, 3.8) is 0 Å². The van der Waals surface area contributed by atoms with Crippen LogP contribution in [0, 0.1) is 5.82 Å². The third-order valence-electron chi connectivity index (χ3n) is 5.38. The Morgan fingerprint density at radius 2 is 1.50 bits per heavy atom. The van der Waals surface area contributed by atoms with E-state index in [2.05, 4.69) is 15.1 Å². The smallest absolute Gasteiger partial charge is 0.246 e. The standard InChI is InChI=1S/C24H24FN3O2/c25-19-10-12-20(13-11-19)26-24(30)23(18-6-2-1-3-7-18)28-16-14-27(15-17-28)21-8-4-5-9-22(21)29/h1-13,23,29H,14-17H2,(H,26,30). The van der Waals surface area contributed by atoms with Gasteiger partial charge in [0.05, 0.1) is 5.69 Å². The number of benzene rings is 3. The van der Waals surface area contributed by atoms with Gasteiger partial charge in [0.15, 0.2) is 0 Å². The van der Waals surface area contributed by atoms with Crippen molar-refractivity contribution >= 4 is 17.3 Å². The number of carbonyl (C=O) groups is 1. The zero-order valence-corrected chi connectivity index (χ0v) is 16.5. The highest BCUT2D eigenvalue weighted by atomic mass is 19.1. The molecule has 2 N–H and O–H groups in total. The molecule has 30 heavy (non-hydrogen) atoms. The molecule has 0 aliphatic carbocycles. The van der Waals surface area contributed by atoms with Gasteiger partial charge in [-0.15, -0.1) is 0 Å². The van der Waals surface area contributed by atoms with Gasteiger partial charge in [0.1, 0.15) is 17.6 Å². The molecule has 1 atom stereocenters. The predicted octanol–water partition coefficient (Wildman–Crippen LogP) is 4.03. The van der Waals surface area contributed by atoms with E-state index in [1.54, 1.807) is 24.3 Å². The highest BCUT2D eigenvalue weighted by Gasteiger charge is 2.31. The van der Waals surface area contributed by atoms with E-state index in [0.717, 1.165) is 11.3 Å². The Kier molecular flexibility index (Phi) is 5.95. The van der Waals surface area contributed by atoms with Gasteiger partial charge >= 0.3 is 0 Å². The molecular formula is C24H24FN3O2. The molecule has 1 saturated heterocycles. The van der Waals surface area contributed by atoms with Gasteiger partial charge in [-0.2, -0.15) is 0 Å². The maximum absolute atomic E-state index is 13.2. The number of hydrogen-bond donors (Lipinski definition) is 2. The largest absolute Gasteiger partial charge is 0.506 e. The van der Waals surface area contributed by atoms with Crippen molar-refractivity contribution in [2.75, 3.05) is 36.4 Å². The number of nitrogens with zero attached hydrogens (tertiary/aromatic N) is 2. The lowest BCUT2D eigenvalue weighted by molar-refractivity contribution is -0.121. The number of nitrogens with one attached hydrogen (secondary N) is 1. The van der Waals surface area contributed by atoms with Crippen molar-refractivity contribution in [2.45, 2.75) is 6.04 Å². The number of phenolic OH excluding ortho intramolecular Hbond substituents is 1. The lowest BCUT2D eigenvalue weighted by atomic mass is 10.0. The Morgan fingerprint density at radius 1 is 0.867 bits per heavy atom. The van der Waals surface area contributed by atoms with Gasteiger partial charge in [0, 0.05) is 31.9 Å². The predicted molar refractivity (Wildman–Crippen MR) is 116 cm³/mol. The maximum atomic E-state index is 13.2. The molecule has 0 spiro atoms. The number of rotatable bonds is 5. The molecule has 6 heteroatoms. The van der Waals surface area contributed by atoms with Crippen LogP contribution in [-0.2, 0) is 4.79 Å². The summed E-state index contributed by atoms with van der Waals surface area (Å²) in [5, 5.41) is 13.1. The molecule has 1 aliphatic heterocycles. The lowest BCUT2D eigenvalue weighted by Crippen LogP contribution is -2.50. The van der Waals surface area contributed by atoms with E-state index >= 15 is 0 Å². The first kappa shape index (κ1) is 19.9. The van der Waals surface area contributed by atoms with Crippen LogP contribution in [0.2, 0.25) is 0 Å². The molecule has 3 aromatic rings. The highest BCUT2D eigenvalue weighted by molar-refractivity contribution is 5.95. The first-order valence-corrected chi connectivity index (χ1v) is 10.0. The van der Waals surface area contributed by atoms with Crippen molar-refractivity contribution in [3.8, 4) is 5.75 Å². The van der Waals surface area contributed by atoms with Crippen LogP contribution in [0.5, 0.6) is 5.75 Å². The Balaban J connectivity index is 1.51. The second kappa shape index (κ2) is 8.97. The zero-order valence-electron chi connectivity index (χ0n) is 16.5. The summed E-state index contributed by atoms with van der Waals surface area (Å²) >= 11 is 0. The van der Waals surface area contributed by atoms with Crippen molar-refractivity contribution in [3.05, 3.63) is 90.2 Å². The van der Waals surface area contributed by atoms with E-state index in [0.29, 0.717) is 31.9 Å². The van der Waals surface area contributed by atoms with E-state index in [1.807, 2.05) is 42.5 Å². The fourth-order valence-corrected chi connectivity index (χ4v) is 3.86. The molecule has 1 unspecified atom stereocenters. The fourth-order valence-electron chi connectivity index (χ4n) is 3.86. The normalized spacial score (nSPS) is 15.6. The molecular weight excluding hydrogens is 381 g/mol. The Morgan fingerprint density at radius 3 is 2.17 bits per heavy atom. The van der Waals surface area contributed by atoms with Crippen molar-refractivity contribution in [2.24, 2.45) is 0 Å². The van der Waals surface area contributed by atoms with Crippen LogP contribution in [0.15, 0.2) is 78.9 Å². The highest BCUT2D eigenvalue weighted by Crippen LogP contribution is 2.30. The maximum Gasteiger partial charge on any atom is 0.246 e. The fraction of sp³-hybridized carbons (Fsp3) is 0.208. The molecule has 3 aromatic carbocycles. The average molecular weight is 405 g/mol. The summed E-state index contributed by atoms with van der Waals surface area (Å²) in [6, 6.07) is 22.3. The number of phenols is 1. The number of para-hydroxylation sites is 2. The number of hydrogen-bond acceptors (Lipinski definition) is 4. The molecule has 0 aromatic heterocycles. The van der Waals surface area contributed by atoms with Crippen LogP contribution in [0.25, 0.3) is 0 Å². The van der Waals surface area contributed by atoms with E-state index in [1.165, 1.54) is 12.1 Å². The molecule has 154 valence electrons. The van der Waals surface area contributed by atoms with Crippen molar-refractivity contribution in [1.82, 2.24) is 4.90 Å². The molecule has 1 amide bonds. The van der Waals surface area contributed by atoms with Crippen molar-refractivity contribution in [1.29, 1.82) is 0 Å². The topological polar surface area (TPSA) is 55.8 Å². The average Bonchev–Trinajstić information content (AvgIpc) is 2.77. The van der Waals surface area contributed by atoms with Crippen molar-refractivity contribution < 1.29 is 14.3 Å². The van der Waals surface area contributed by atoms with Gasteiger partial charge in [0.2, 0.25) is 5.91 Å². The van der Waals surface area contributed by atoms with Gasteiger partial charge in [-0.05, 0) is 42.0 Å². The first-order chi connectivity index (χ1) is 14.6. The minimum atomic E-state index is -0.456. The number of anilines is 2. The Labute approximate surface area is 175 Å². The van der Waals surface area contributed by atoms with Crippen LogP contribution < -0.4 is 10.2 Å². The van der Waals surface area contributed by atoms with Gasteiger partial charge in [-0.3, -0.25) is 9.69 Å². The molecule has 0 radical (unpaired) electrons. The summed E-state index contributed by atoms with van der Waals surface area (Å²) < 4.78 is 13.2.